The zero-order valence-electron chi connectivity index (χ0n) is 11.3. The molecule has 6 nitrogen and oxygen atoms in total. The molecule has 0 spiro atoms. The minimum atomic E-state index is -0.576. The van der Waals surface area contributed by atoms with Crippen molar-refractivity contribution < 1.29 is 18.4 Å². The first kappa shape index (κ1) is 13.8. The van der Waals surface area contributed by atoms with Crippen LogP contribution < -0.4 is 0 Å². The highest BCUT2D eigenvalue weighted by atomic mass is 79.9. The SMILES string of the molecule is CC(=O)O[C@@H](C)c1nnc(-c2ccc3occ(Br)c3c2)o1. The summed E-state index contributed by atoms with van der Waals surface area (Å²) in [6.45, 7) is 3.01. The maximum absolute atomic E-state index is 10.9. The second-order valence-electron chi connectivity index (χ2n) is 4.49. The highest BCUT2D eigenvalue weighted by Crippen LogP contribution is 2.30. The fraction of sp³-hybridized carbons (Fsp3) is 0.214. The van der Waals surface area contributed by atoms with E-state index in [1.807, 2.05) is 18.2 Å². The number of nitrogens with zero attached hydrogens (tertiary/aromatic N) is 2. The van der Waals surface area contributed by atoms with E-state index in [4.69, 9.17) is 13.6 Å². The molecule has 0 saturated heterocycles. The third-order valence-corrected chi connectivity index (χ3v) is 3.52. The predicted molar refractivity (Wildman–Crippen MR) is 77.4 cm³/mol. The van der Waals surface area contributed by atoms with Gasteiger partial charge in [0.1, 0.15) is 11.8 Å². The molecule has 0 fully saturated rings. The van der Waals surface area contributed by atoms with Gasteiger partial charge in [0, 0.05) is 17.9 Å². The summed E-state index contributed by atoms with van der Waals surface area (Å²) in [6.07, 6.45) is 1.05. The molecule has 3 rings (SSSR count). The molecule has 0 aliphatic heterocycles. The van der Waals surface area contributed by atoms with E-state index in [1.54, 1.807) is 13.2 Å². The van der Waals surface area contributed by atoms with Gasteiger partial charge < -0.3 is 13.6 Å². The van der Waals surface area contributed by atoms with Gasteiger partial charge in [-0.05, 0) is 41.1 Å². The fourth-order valence-corrected chi connectivity index (χ4v) is 2.35. The normalized spacial score (nSPS) is 12.5. The molecule has 0 amide bonds. The topological polar surface area (TPSA) is 78.4 Å². The van der Waals surface area contributed by atoms with E-state index in [1.165, 1.54) is 6.92 Å². The van der Waals surface area contributed by atoms with E-state index < -0.39 is 12.1 Å². The minimum Gasteiger partial charge on any atom is -0.463 e. The Kier molecular flexibility index (Phi) is 3.50. The van der Waals surface area contributed by atoms with Crippen LogP contribution in [0.2, 0.25) is 0 Å². The molecule has 3 aromatic rings. The van der Waals surface area contributed by atoms with Gasteiger partial charge in [-0.3, -0.25) is 4.79 Å². The molecule has 2 aromatic heterocycles. The first-order valence-corrected chi connectivity index (χ1v) is 7.01. The first-order valence-electron chi connectivity index (χ1n) is 6.22. The second kappa shape index (κ2) is 5.33. The standard InChI is InChI=1S/C14H11BrN2O4/c1-7(20-8(2)18)13-16-17-14(21-13)9-3-4-12-10(5-9)11(15)6-19-12/h3-7H,1-2H3/t7-/m0/s1. The number of hydrogen-bond donors (Lipinski definition) is 0. The van der Waals surface area contributed by atoms with Crippen molar-refractivity contribution >= 4 is 32.9 Å². The number of rotatable bonds is 3. The molecule has 0 unspecified atom stereocenters. The zero-order valence-corrected chi connectivity index (χ0v) is 12.9. The van der Waals surface area contributed by atoms with E-state index in [-0.39, 0.29) is 5.89 Å². The summed E-state index contributed by atoms with van der Waals surface area (Å²) in [5.74, 6) is 0.219. The van der Waals surface area contributed by atoms with Gasteiger partial charge in [0.25, 0.3) is 5.89 Å². The highest BCUT2D eigenvalue weighted by Gasteiger charge is 2.18. The largest absolute Gasteiger partial charge is 0.463 e. The van der Waals surface area contributed by atoms with Gasteiger partial charge in [0.15, 0.2) is 6.10 Å². The molecule has 0 aliphatic carbocycles. The summed E-state index contributed by atoms with van der Waals surface area (Å²) in [5.41, 5.74) is 1.53. The number of halogens is 1. The molecule has 0 radical (unpaired) electrons. The number of esters is 1. The predicted octanol–water partition coefficient (Wildman–Crippen LogP) is 3.87. The van der Waals surface area contributed by atoms with Crippen LogP contribution in [-0.2, 0) is 9.53 Å². The van der Waals surface area contributed by atoms with Crippen molar-refractivity contribution in [1.29, 1.82) is 0 Å². The summed E-state index contributed by atoms with van der Waals surface area (Å²) in [4.78, 5) is 10.9. The van der Waals surface area contributed by atoms with Crippen molar-refractivity contribution in [3.63, 3.8) is 0 Å². The van der Waals surface area contributed by atoms with Gasteiger partial charge in [-0.25, -0.2) is 0 Å². The summed E-state index contributed by atoms with van der Waals surface area (Å²) < 4.78 is 16.8. The molecule has 0 aliphatic rings. The summed E-state index contributed by atoms with van der Waals surface area (Å²) >= 11 is 3.41. The van der Waals surface area contributed by atoms with Crippen LogP contribution in [0, 0.1) is 0 Å². The van der Waals surface area contributed by atoms with Gasteiger partial charge in [-0.15, -0.1) is 10.2 Å². The van der Waals surface area contributed by atoms with E-state index in [2.05, 4.69) is 26.1 Å². The molecule has 21 heavy (non-hydrogen) atoms. The van der Waals surface area contributed by atoms with Gasteiger partial charge >= 0.3 is 5.97 Å². The van der Waals surface area contributed by atoms with Crippen LogP contribution >= 0.6 is 15.9 Å². The monoisotopic (exact) mass is 350 g/mol. The lowest BCUT2D eigenvalue weighted by atomic mass is 10.1. The van der Waals surface area contributed by atoms with Crippen LogP contribution in [0.15, 0.2) is 37.8 Å². The summed E-state index contributed by atoms with van der Waals surface area (Å²) in [7, 11) is 0. The Balaban J connectivity index is 1.93. The molecular formula is C14H11BrN2O4. The lowest BCUT2D eigenvalue weighted by Crippen LogP contribution is -2.04. The lowest BCUT2D eigenvalue weighted by Gasteiger charge is -2.05. The smallest absolute Gasteiger partial charge is 0.303 e. The number of carbonyl (C=O) groups excluding carboxylic acids is 1. The molecule has 1 atom stereocenters. The summed E-state index contributed by atoms with van der Waals surface area (Å²) in [5, 5.41) is 8.81. The van der Waals surface area contributed by atoms with Gasteiger partial charge in [0.05, 0.1) is 4.47 Å². The van der Waals surface area contributed by atoms with Crippen LogP contribution in [0.4, 0.5) is 0 Å². The van der Waals surface area contributed by atoms with Crippen molar-refractivity contribution in [2.45, 2.75) is 20.0 Å². The molecular weight excluding hydrogens is 340 g/mol. The maximum atomic E-state index is 10.9. The van der Waals surface area contributed by atoms with E-state index in [9.17, 15) is 4.79 Å². The number of aromatic nitrogens is 2. The van der Waals surface area contributed by atoms with E-state index >= 15 is 0 Å². The number of furan rings is 1. The van der Waals surface area contributed by atoms with Crippen molar-refractivity contribution in [3.8, 4) is 11.5 Å². The Morgan fingerprint density at radius 1 is 1.38 bits per heavy atom. The second-order valence-corrected chi connectivity index (χ2v) is 5.35. The summed E-state index contributed by atoms with van der Waals surface area (Å²) in [6, 6.07) is 5.54. The average Bonchev–Trinajstić information content (AvgIpc) is 3.05. The fourth-order valence-electron chi connectivity index (χ4n) is 1.95. The van der Waals surface area contributed by atoms with Crippen molar-refractivity contribution in [1.82, 2.24) is 10.2 Å². The Labute approximate surface area is 128 Å². The number of benzene rings is 1. The molecule has 108 valence electrons. The number of hydrogen-bond acceptors (Lipinski definition) is 6. The van der Waals surface area contributed by atoms with Crippen LogP contribution in [0.3, 0.4) is 0 Å². The number of fused-ring (bicyclic) bond motifs is 1. The van der Waals surface area contributed by atoms with Gasteiger partial charge in [-0.2, -0.15) is 0 Å². The third-order valence-electron chi connectivity index (χ3n) is 2.90. The third kappa shape index (κ3) is 2.69. The van der Waals surface area contributed by atoms with Crippen LogP contribution in [0.1, 0.15) is 25.8 Å². The Hall–Kier alpha value is -2.15. The van der Waals surface area contributed by atoms with Crippen LogP contribution in [0.5, 0.6) is 0 Å². The maximum Gasteiger partial charge on any atom is 0.303 e. The van der Waals surface area contributed by atoms with Crippen molar-refractivity contribution in [2.24, 2.45) is 0 Å². The quantitative estimate of drug-likeness (QED) is 0.667. The molecule has 1 aromatic carbocycles. The van der Waals surface area contributed by atoms with Gasteiger partial charge in [0.2, 0.25) is 5.89 Å². The van der Waals surface area contributed by atoms with Gasteiger partial charge in [-0.1, -0.05) is 0 Å². The van der Waals surface area contributed by atoms with E-state index in [0.29, 0.717) is 5.89 Å². The van der Waals surface area contributed by atoms with Crippen LogP contribution in [0.25, 0.3) is 22.4 Å². The molecule has 0 bridgehead atoms. The minimum absolute atomic E-state index is 0.256. The zero-order chi connectivity index (χ0) is 15.0. The van der Waals surface area contributed by atoms with Crippen molar-refractivity contribution in [3.05, 3.63) is 34.8 Å². The number of ether oxygens (including phenoxy) is 1. The Morgan fingerprint density at radius 3 is 2.95 bits per heavy atom. The number of carbonyl (C=O) groups is 1. The molecule has 2 heterocycles. The lowest BCUT2D eigenvalue weighted by molar-refractivity contribution is -0.146. The molecule has 0 N–H and O–H groups in total. The van der Waals surface area contributed by atoms with Crippen molar-refractivity contribution in [2.75, 3.05) is 0 Å². The average molecular weight is 351 g/mol. The Bertz CT molecular complexity index is 808. The first-order chi connectivity index (χ1) is 10.0. The Morgan fingerprint density at radius 2 is 2.19 bits per heavy atom. The van der Waals surface area contributed by atoms with E-state index in [0.717, 1.165) is 21.0 Å². The molecule has 0 saturated carbocycles. The highest BCUT2D eigenvalue weighted by molar-refractivity contribution is 9.10. The molecule has 7 heteroatoms. The van der Waals surface area contributed by atoms with Crippen LogP contribution in [-0.4, -0.2) is 16.2 Å².